The number of fused-ring (bicyclic) bond motifs is 1. The van der Waals surface area contributed by atoms with Gasteiger partial charge in [-0.1, -0.05) is 6.92 Å². The maximum Gasteiger partial charge on any atom is 0.188 e. The maximum absolute atomic E-state index is 5.18. The van der Waals surface area contributed by atoms with Crippen molar-refractivity contribution in [2.45, 2.75) is 20.3 Å². The number of ether oxygens (including phenoxy) is 1. The molecule has 1 aliphatic rings. The van der Waals surface area contributed by atoms with E-state index in [-0.39, 0.29) is 0 Å². The number of hydrogen-bond donors (Lipinski definition) is 0. The van der Waals surface area contributed by atoms with Gasteiger partial charge in [-0.3, -0.25) is 4.98 Å². The second-order valence-electron chi connectivity index (χ2n) is 2.47. The molecule has 1 aromatic heterocycles. The van der Waals surface area contributed by atoms with Crippen molar-refractivity contribution in [3.05, 3.63) is 17.5 Å². The van der Waals surface area contributed by atoms with Crippen molar-refractivity contribution in [1.29, 1.82) is 0 Å². The van der Waals surface area contributed by atoms with Crippen LogP contribution in [-0.4, -0.2) is 4.98 Å². The summed E-state index contributed by atoms with van der Waals surface area (Å²) in [5, 5.41) is 0. The van der Waals surface area contributed by atoms with Crippen LogP contribution in [0.1, 0.15) is 18.2 Å². The Balaban J connectivity index is 2.57. The van der Waals surface area contributed by atoms with E-state index in [0.717, 1.165) is 23.6 Å². The fourth-order valence-electron chi connectivity index (χ4n) is 1.19. The van der Waals surface area contributed by atoms with Gasteiger partial charge in [0.05, 0.1) is 6.20 Å². The van der Waals surface area contributed by atoms with Gasteiger partial charge in [0.2, 0.25) is 0 Å². The average molecular weight is 135 g/mol. The van der Waals surface area contributed by atoms with Crippen LogP contribution in [0.25, 0.3) is 0 Å². The lowest BCUT2D eigenvalue weighted by Crippen LogP contribution is -1.84. The monoisotopic (exact) mass is 135 g/mol. The third kappa shape index (κ3) is 0.618. The van der Waals surface area contributed by atoms with E-state index in [4.69, 9.17) is 4.74 Å². The van der Waals surface area contributed by atoms with Crippen LogP contribution in [0.5, 0.6) is 11.5 Å². The smallest absolute Gasteiger partial charge is 0.188 e. The molecule has 0 aromatic carbocycles. The Labute approximate surface area is 59.9 Å². The molecule has 0 amide bonds. The molecule has 1 aliphatic heterocycles. The summed E-state index contributed by atoms with van der Waals surface area (Å²) >= 11 is 0. The first-order chi connectivity index (χ1) is 4.83. The molecule has 0 saturated carbocycles. The first-order valence-corrected chi connectivity index (χ1v) is 3.49. The number of nitrogens with zero attached hydrogens (tertiary/aromatic N) is 1. The van der Waals surface area contributed by atoms with E-state index >= 15 is 0 Å². The lowest BCUT2D eigenvalue weighted by molar-refractivity contribution is 0.643. The number of rotatable bonds is 1. The molecule has 0 radical (unpaired) electrons. The Morgan fingerprint density at radius 1 is 1.60 bits per heavy atom. The largest absolute Gasteiger partial charge is 0.447 e. The van der Waals surface area contributed by atoms with E-state index in [1.165, 1.54) is 5.56 Å². The van der Waals surface area contributed by atoms with Crippen LogP contribution < -0.4 is 4.74 Å². The summed E-state index contributed by atoms with van der Waals surface area (Å²) < 4.78 is 5.18. The van der Waals surface area contributed by atoms with E-state index in [1.807, 2.05) is 6.92 Å². The topological polar surface area (TPSA) is 25.4 Å². The van der Waals surface area contributed by atoms with Gasteiger partial charge in [-0.2, -0.15) is 0 Å². The Morgan fingerprint density at radius 2 is 2.40 bits per heavy atom. The lowest BCUT2D eigenvalue weighted by atomic mass is 10.1. The first-order valence-electron chi connectivity index (χ1n) is 3.49. The van der Waals surface area contributed by atoms with Gasteiger partial charge >= 0.3 is 0 Å². The summed E-state index contributed by atoms with van der Waals surface area (Å²) in [6.07, 6.45) is 2.80. The van der Waals surface area contributed by atoms with Crippen molar-refractivity contribution in [2.75, 3.05) is 0 Å². The van der Waals surface area contributed by atoms with E-state index in [9.17, 15) is 0 Å². The van der Waals surface area contributed by atoms with Crippen LogP contribution in [0.15, 0.2) is 6.20 Å². The third-order valence-electron chi connectivity index (χ3n) is 1.83. The Morgan fingerprint density at radius 3 is 3.00 bits per heavy atom. The quantitative estimate of drug-likeness (QED) is 0.559. The zero-order valence-corrected chi connectivity index (χ0v) is 6.14. The molecule has 52 valence electrons. The number of aromatic nitrogens is 1. The lowest BCUT2D eigenvalue weighted by Gasteiger charge is -1.93. The van der Waals surface area contributed by atoms with Crippen LogP contribution in [0.3, 0.4) is 0 Å². The van der Waals surface area contributed by atoms with Crippen molar-refractivity contribution < 1.29 is 4.74 Å². The highest BCUT2D eigenvalue weighted by atomic mass is 16.6. The van der Waals surface area contributed by atoms with Crippen molar-refractivity contribution in [3.63, 3.8) is 0 Å². The minimum absolute atomic E-state index is 0.961. The highest BCUT2D eigenvalue weighted by molar-refractivity contribution is 5.59. The minimum Gasteiger partial charge on any atom is -0.447 e. The van der Waals surface area contributed by atoms with Crippen LogP contribution in [-0.2, 0) is 6.42 Å². The molecule has 0 fully saturated rings. The standard InChI is InChI=1S/C8H9NO/c1-3-6-5(2)9-4-7-8(6)10-7/h4H,3H2,1-2H3. The molecule has 10 heavy (non-hydrogen) atoms. The van der Waals surface area contributed by atoms with E-state index < -0.39 is 0 Å². The molecule has 0 saturated heterocycles. The number of aryl methyl sites for hydroxylation is 1. The van der Waals surface area contributed by atoms with Gasteiger partial charge in [-0.25, -0.2) is 0 Å². The number of pyridine rings is 1. The molecule has 1 aromatic rings. The average Bonchev–Trinajstić information content (AvgIpc) is 2.66. The van der Waals surface area contributed by atoms with Crippen LogP contribution >= 0.6 is 0 Å². The van der Waals surface area contributed by atoms with Crippen molar-refractivity contribution >= 4 is 0 Å². The molecule has 2 heteroatoms. The summed E-state index contributed by atoms with van der Waals surface area (Å²) in [6.45, 7) is 4.13. The van der Waals surface area contributed by atoms with Gasteiger partial charge in [0.15, 0.2) is 11.5 Å². The van der Waals surface area contributed by atoms with Crippen LogP contribution in [0.2, 0.25) is 0 Å². The predicted octanol–water partition coefficient (Wildman–Crippen LogP) is 2.06. The summed E-state index contributed by atoms with van der Waals surface area (Å²) in [4.78, 5) is 4.18. The highest BCUT2D eigenvalue weighted by Crippen LogP contribution is 2.48. The van der Waals surface area contributed by atoms with Gasteiger partial charge in [0, 0.05) is 11.3 Å². The van der Waals surface area contributed by atoms with Crippen molar-refractivity contribution in [2.24, 2.45) is 0 Å². The molecule has 2 heterocycles. The summed E-state index contributed by atoms with van der Waals surface area (Å²) in [5.41, 5.74) is 2.36. The van der Waals surface area contributed by atoms with Crippen LogP contribution in [0, 0.1) is 6.92 Å². The Kier molecular flexibility index (Phi) is 0.982. The Hall–Kier alpha value is -1.05. The summed E-state index contributed by atoms with van der Waals surface area (Å²) in [5.74, 6) is 2.03. The zero-order valence-electron chi connectivity index (χ0n) is 6.14. The third-order valence-corrected chi connectivity index (χ3v) is 1.83. The fraction of sp³-hybridized carbons (Fsp3) is 0.375. The molecule has 2 rings (SSSR count). The SMILES string of the molecule is CCc1c(C)ncc2c1O2. The van der Waals surface area contributed by atoms with Crippen molar-refractivity contribution in [1.82, 2.24) is 4.98 Å². The van der Waals surface area contributed by atoms with E-state index in [0.29, 0.717) is 0 Å². The van der Waals surface area contributed by atoms with Crippen LogP contribution in [0.4, 0.5) is 0 Å². The molecule has 2 nitrogen and oxygen atoms in total. The molecular weight excluding hydrogens is 126 g/mol. The normalized spacial score (nSPS) is 12.2. The second kappa shape index (κ2) is 1.72. The molecular formula is C8H9NO. The number of hydrogen-bond acceptors (Lipinski definition) is 2. The predicted molar refractivity (Wildman–Crippen MR) is 38.4 cm³/mol. The van der Waals surface area contributed by atoms with E-state index in [1.54, 1.807) is 6.20 Å². The summed E-state index contributed by atoms with van der Waals surface area (Å²) in [7, 11) is 0. The first kappa shape index (κ1) is 5.71. The molecule has 0 aliphatic carbocycles. The molecule has 0 bridgehead atoms. The van der Waals surface area contributed by atoms with Gasteiger partial charge < -0.3 is 4.74 Å². The van der Waals surface area contributed by atoms with Gasteiger partial charge in [0.25, 0.3) is 0 Å². The summed E-state index contributed by atoms with van der Waals surface area (Å²) in [6, 6.07) is 0. The minimum atomic E-state index is 0.961. The van der Waals surface area contributed by atoms with Crippen molar-refractivity contribution in [3.8, 4) is 11.5 Å². The van der Waals surface area contributed by atoms with Gasteiger partial charge in [-0.15, -0.1) is 0 Å². The Bertz CT molecular complexity index is 277. The molecule has 0 unspecified atom stereocenters. The van der Waals surface area contributed by atoms with Gasteiger partial charge in [-0.05, 0) is 13.3 Å². The second-order valence-corrected chi connectivity index (χ2v) is 2.47. The highest BCUT2D eigenvalue weighted by Gasteiger charge is 2.25. The molecule has 0 N–H and O–H groups in total. The molecule has 0 atom stereocenters. The maximum atomic E-state index is 5.18. The fourth-order valence-corrected chi connectivity index (χ4v) is 1.19. The van der Waals surface area contributed by atoms with E-state index in [2.05, 4.69) is 11.9 Å². The zero-order chi connectivity index (χ0) is 7.14. The molecule has 0 spiro atoms. The van der Waals surface area contributed by atoms with Gasteiger partial charge in [0.1, 0.15) is 0 Å².